The van der Waals surface area contributed by atoms with E-state index in [0.717, 1.165) is 44.6 Å². The van der Waals surface area contributed by atoms with Crippen LogP contribution < -0.4 is 20.3 Å². The van der Waals surface area contributed by atoms with Crippen molar-refractivity contribution in [2.75, 3.05) is 42.6 Å². The van der Waals surface area contributed by atoms with Gasteiger partial charge in [-0.25, -0.2) is 18.7 Å². The summed E-state index contributed by atoms with van der Waals surface area (Å²) < 4.78 is 39.6. The Morgan fingerprint density at radius 2 is 1.92 bits per heavy atom. The molecule has 1 saturated carbocycles. The normalized spacial score (nSPS) is 27.7. The van der Waals surface area contributed by atoms with Crippen molar-refractivity contribution in [3.8, 4) is 5.75 Å². The largest absolute Gasteiger partial charge is 0.490 e. The van der Waals surface area contributed by atoms with Crippen LogP contribution in [0.25, 0.3) is 0 Å². The minimum atomic E-state index is -1.17. The van der Waals surface area contributed by atoms with Crippen LogP contribution in [0.5, 0.6) is 5.75 Å². The summed E-state index contributed by atoms with van der Waals surface area (Å²) in [7, 11) is 0. The average molecular weight is 514 g/mol. The number of rotatable bonds is 7. The van der Waals surface area contributed by atoms with Crippen LogP contribution in [0.2, 0.25) is 0 Å². The van der Waals surface area contributed by atoms with Crippen molar-refractivity contribution in [2.24, 2.45) is 17.6 Å². The molecule has 0 spiro atoms. The fourth-order valence-corrected chi connectivity index (χ4v) is 5.35. The molecule has 2 aliphatic heterocycles. The van der Waals surface area contributed by atoms with Gasteiger partial charge in [-0.3, -0.25) is 0 Å². The number of alkyl halides is 1. The summed E-state index contributed by atoms with van der Waals surface area (Å²) in [6.45, 7) is 5.40. The summed E-state index contributed by atoms with van der Waals surface area (Å²) in [6, 6.07) is 0.301. The summed E-state index contributed by atoms with van der Waals surface area (Å²) >= 11 is 0. The van der Waals surface area contributed by atoms with E-state index in [1.807, 2.05) is 4.90 Å². The topological polar surface area (TPSA) is 106 Å². The zero-order chi connectivity index (χ0) is 25.6. The van der Waals surface area contributed by atoms with E-state index in [9.17, 15) is 8.78 Å². The van der Waals surface area contributed by atoms with Gasteiger partial charge >= 0.3 is 6.01 Å². The predicted octanol–water partition coefficient (Wildman–Crippen LogP) is 3.49. The summed E-state index contributed by atoms with van der Waals surface area (Å²) in [5, 5.41) is 4.18. The number of nitrogens with zero attached hydrogens (tertiary/aromatic N) is 6. The first-order valence-corrected chi connectivity index (χ1v) is 13.1. The first kappa shape index (κ1) is 24.3. The molecule has 37 heavy (non-hydrogen) atoms. The summed E-state index contributed by atoms with van der Waals surface area (Å²) in [5.41, 5.74) is 6.74. The molecular formula is C26H33F2N7O2. The van der Waals surface area contributed by atoms with Crippen molar-refractivity contribution in [3.63, 3.8) is 0 Å². The first-order chi connectivity index (χ1) is 17.9. The predicted molar refractivity (Wildman–Crippen MR) is 134 cm³/mol. The third-order valence-corrected chi connectivity index (χ3v) is 8.15. The number of aromatic nitrogens is 4. The van der Waals surface area contributed by atoms with Crippen molar-refractivity contribution in [1.29, 1.82) is 0 Å². The quantitative estimate of drug-likeness (QED) is 0.595. The van der Waals surface area contributed by atoms with Gasteiger partial charge in [0.25, 0.3) is 0 Å². The van der Waals surface area contributed by atoms with Gasteiger partial charge in [-0.2, -0.15) is 4.98 Å². The van der Waals surface area contributed by atoms with E-state index in [1.165, 1.54) is 12.2 Å². The molecule has 6 rings (SSSR count). The smallest absolute Gasteiger partial charge is 0.324 e. The average Bonchev–Trinajstić information content (AvgIpc) is 3.29. The highest BCUT2D eigenvalue weighted by Gasteiger charge is 2.44. The lowest BCUT2D eigenvalue weighted by Gasteiger charge is -2.30. The number of anilines is 2. The Kier molecular flexibility index (Phi) is 6.34. The monoisotopic (exact) mass is 513 g/mol. The Hall–Kier alpha value is -3.08. The summed E-state index contributed by atoms with van der Waals surface area (Å²) in [4.78, 5) is 17.6. The molecule has 4 heterocycles. The maximum absolute atomic E-state index is 14.3. The SMILES string of the molecule is CC1(c2noc(N3CCC(COc4cnc(N5C[C@H](C6=CC(F)CC=C6F)[C@@H](N)C5)nc4)CC3)n2)CC1. The van der Waals surface area contributed by atoms with E-state index >= 15 is 0 Å². The summed E-state index contributed by atoms with van der Waals surface area (Å²) in [6.07, 6.45) is 9.08. The highest BCUT2D eigenvalue weighted by atomic mass is 19.1. The third-order valence-electron chi connectivity index (χ3n) is 8.15. The van der Waals surface area contributed by atoms with E-state index in [-0.39, 0.29) is 29.6 Å². The number of halogens is 2. The maximum atomic E-state index is 14.3. The Morgan fingerprint density at radius 1 is 1.16 bits per heavy atom. The van der Waals surface area contributed by atoms with E-state index in [1.54, 1.807) is 12.4 Å². The van der Waals surface area contributed by atoms with E-state index in [4.69, 9.17) is 15.0 Å². The fourth-order valence-electron chi connectivity index (χ4n) is 5.35. The molecule has 9 nitrogen and oxygen atoms in total. The molecule has 198 valence electrons. The minimum Gasteiger partial charge on any atom is -0.490 e. The molecular weight excluding hydrogens is 480 g/mol. The Bertz CT molecular complexity index is 1170. The second-order valence-corrected chi connectivity index (χ2v) is 11.0. The lowest BCUT2D eigenvalue weighted by Crippen LogP contribution is -2.35. The molecule has 0 radical (unpaired) electrons. The number of allylic oxidation sites excluding steroid dienone is 3. The van der Waals surface area contributed by atoms with Crippen molar-refractivity contribution < 1.29 is 18.0 Å². The minimum absolute atomic E-state index is 0.0731. The Balaban J connectivity index is 0.984. The van der Waals surface area contributed by atoms with Crippen LogP contribution in [0.15, 0.2) is 40.5 Å². The molecule has 0 bridgehead atoms. The molecule has 11 heteroatoms. The first-order valence-electron chi connectivity index (χ1n) is 13.1. The van der Waals surface area contributed by atoms with Crippen LogP contribution in [0.3, 0.4) is 0 Å². The van der Waals surface area contributed by atoms with Gasteiger partial charge in [0, 0.05) is 50.0 Å². The van der Waals surface area contributed by atoms with E-state index in [2.05, 4.69) is 31.9 Å². The molecule has 2 aromatic rings. The van der Waals surface area contributed by atoms with Gasteiger partial charge in [-0.15, -0.1) is 0 Å². The number of ether oxygens (including phenoxy) is 1. The zero-order valence-corrected chi connectivity index (χ0v) is 21.0. The lowest BCUT2D eigenvalue weighted by molar-refractivity contribution is 0.219. The van der Waals surface area contributed by atoms with Crippen LogP contribution in [0, 0.1) is 11.8 Å². The highest BCUT2D eigenvalue weighted by Crippen LogP contribution is 2.46. The van der Waals surface area contributed by atoms with Crippen LogP contribution in [-0.4, -0.2) is 65.1 Å². The van der Waals surface area contributed by atoms with Crippen molar-refractivity contribution in [3.05, 3.63) is 41.8 Å². The van der Waals surface area contributed by atoms with Gasteiger partial charge in [0.2, 0.25) is 5.95 Å². The van der Waals surface area contributed by atoms with Crippen molar-refractivity contribution in [1.82, 2.24) is 20.1 Å². The number of hydrogen-bond acceptors (Lipinski definition) is 9. The van der Waals surface area contributed by atoms with Crippen molar-refractivity contribution >= 4 is 12.0 Å². The lowest BCUT2D eigenvalue weighted by atomic mass is 9.89. The second kappa shape index (κ2) is 9.66. The van der Waals surface area contributed by atoms with Crippen LogP contribution in [0.4, 0.5) is 20.7 Å². The second-order valence-electron chi connectivity index (χ2n) is 11.0. The molecule has 2 saturated heterocycles. The van der Waals surface area contributed by atoms with Crippen LogP contribution in [0.1, 0.15) is 44.9 Å². The molecule has 4 aliphatic rings. The molecule has 2 N–H and O–H groups in total. The van der Waals surface area contributed by atoms with E-state index in [0.29, 0.717) is 48.9 Å². The third kappa shape index (κ3) is 5.05. The Morgan fingerprint density at radius 3 is 2.65 bits per heavy atom. The number of hydrogen-bond donors (Lipinski definition) is 1. The van der Waals surface area contributed by atoms with Gasteiger partial charge in [0.1, 0.15) is 12.0 Å². The van der Waals surface area contributed by atoms with Gasteiger partial charge < -0.3 is 24.8 Å². The molecule has 3 fully saturated rings. The molecule has 2 aliphatic carbocycles. The van der Waals surface area contributed by atoms with Gasteiger partial charge in [-0.1, -0.05) is 12.1 Å². The van der Waals surface area contributed by atoms with Gasteiger partial charge in [-0.05, 0) is 49.3 Å². The molecule has 1 unspecified atom stereocenters. The number of nitrogens with two attached hydrogens (primary N) is 1. The molecule has 2 aromatic heterocycles. The highest BCUT2D eigenvalue weighted by molar-refractivity contribution is 5.41. The zero-order valence-electron chi connectivity index (χ0n) is 21.0. The molecule has 0 amide bonds. The van der Waals surface area contributed by atoms with Gasteiger partial charge in [0.05, 0.1) is 19.0 Å². The van der Waals surface area contributed by atoms with Crippen molar-refractivity contribution in [2.45, 2.75) is 56.7 Å². The fraction of sp³-hybridized carbons (Fsp3) is 0.615. The summed E-state index contributed by atoms with van der Waals surface area (Å²) in [5.74, 6) is 1.69. The Labute approximate surface area is 214 Å². The molecule has 0 aromatic carbocycles. The van der Waals surface area contributed by atoms with Gasteiger partial charge in [0.15, 0.2) is 11.6 Å². The standard InChI is InChI=1S/C26H33F2N7O2/c1-26(6-7-26)23-32-25(37-33-23)34-8-4-16(5-9-34)15-36-18-11-30-24(31-12-18)35-13-20(22(29)14-35)19-10-17(27)2-3-21(19)28/h3,10-12,16-17,20,22H,2,4-9,13-15,29H2,1H3/t17?,20-,22+/m1/s1. The molecule has 3 atom stereocenters. The van der Waals surface area contributed by atoms with Crippen LogP contribution >= 0.6 is 0 Å². The van der Waals surface area contributed by atoms with E-state index < -0.39 is 6.17 Å². The van der Waals surface area contributed by atoms with Crippen LogP contribution in [-0.2, 0) is 5.41 Å². The number of piperidine rings is 1. The maximum Gasteiger partial charge on any atom is 0.324 e.